The molecule has 1 aliphatic rings. The monoisotopic (exact) mass is 406 g/mol. The Morgan fingerprint density at radius 2 is 2.08 bits per heavy atom. The van der Waals surface area contributed by atoms with Gasteiger partial charge in [-0.25, -0.2) is 0 Å². The van der Waals surface area contributed by atoms with Gasteiger partial charge < -0.3 is 10.2 Å². The third-order valence-electron chi connectivity index (χ3n) is 4.00. The second kappa shape index (κ2) is 6.95. The Labute approximate surface area is 153 Å². The van der Waals surface area contributed by atoms with Crippen molar-refractivity contribution in [2.75, 3.05) is 16.8 Å². The molecule has 3 rings (SSSR count). The van der Waals surface area contributed by atoms with Gasteiger partial charge in [-0.2, -0.15) is 0 Å². The molecule has 1 saturated heterocycles. The maximum absolute atomic E-state index is 12.5. The lowest BCUT2D eigenvalue weighted by molar-refractivity contribution is -0.122. The minimum absolute atomic E-state index is 0.0328. The van der Waals surface area contributed by atoms with E-state index in [1.165, 1.54) is 0 Å². The highest BCUT2D eigenvalue weighted by Gasteiger charge is 2.35. The summed E-state index contributed by atoms with van der Waals surface area (Å²) in [6.45, 7) is 2.36. The summed E-state index contributed by atoms with van der Waals surface area (Å²) in [5, 5.41) is 3.36. The van der Waals surface area contributed by atoms with Crippen LogP contribution in [0.1, 0.15) is 12.0 Å². The Morgan fingerprint density at radius 3 is 2.79 bits per heavy atom. The summed E-state index contributed by atoms with van der Waals surface area (Å²) < 4.78 is 0.767. The summed E-state index contributed by atoms with van der Waals surface area (Å²) in [7, 11) is 0. The molecular formula is C18H16BrClN2O2. The van der Waals surface area contributed by atoms with Crippen LogP contribution < -0.4 is 10.2 Å². The number of halogens is 2. The fourth-order valence-electron chi connectivity index (χ4n) is 2.75. The van der Waals surface area contributed by atoms with E-state index in [4.69, 9.17) is 11.6 Å². The molecule has 1 atom stereocenters. The van der Waals surface area contributed by atoms with Gasteiger partial charge in [-0.3, -0.25) is 9.59 Å². The average molecular weight is 408 g/mol. The minimum atomic E-state index is -0.375. The van der Waals surface area contributed by atoms with Crippen LogP contribution >= 0.6 is 27.5 Å². The van der Waals surface area contributed by atoms with Gasteiger partial charge in [0.25, 0.3) is 0 Å². The van der Waals surface area contributed by atoms with E-state index in [0.717, 1.165) is 15.7 Å². The zero-order chi connectivity index (χ0) is 17.3. The number of rotatable bonds is 3. The van der Waals surface area contributed by atoms with Gasteiger partial charge in [-0.15, -0.1) is 0 Å². The van der Waals surface area contributed by atoms with Crippen molar-refractivity contribution in [2.24, 2.45) is 5.92 Å². The number of carbonyl (C=O) groups excluding carboxylic acids is 2. The lowest BCUT2D eigenvalue weighted by Crippen LogP contribution is -2.28. The molecule has 0 unspecified atom stereocenters. The van der Waals surface area contributed by atoms with Crippen LogP contribution in [0.3, 0.4) is 0 Å². The number of anilines is 2. The van der Waals surface area contributed by atoms with E-state index in [0.29, 0.717) is 17.3 Å². The molecule has 1 fully saturated rings. The minimum Gasteiger partial charge on any atom is -0.326 e. The second-order valence-electron chi connectivity index (χ2n) is 5.86. The molecule has 0 bridgehead atoms. The Balaban J connectivity index is 1.70. The molecule has 0 saturated carbocycles. The standard InChI is InChI=1S/C18H16BrClN2O2/c1-11-3-2-4-14(7-11)22-10-12(8-17(22)23)18(24)21-13-5-6-15(19)16(20)9-13/h2-7,9,12H,8,10H2,1H3,(H,21,24)/t12-/m1/s1. The van der Waals surface area contributed by atoms with Gasteiger partial charge in [0, 0.05) is 28.8 Å². The largest absolute Gasteiger partial charge is 0.326 e. The smallest absolute Gasteiger partial charge is 0.229 e. The topological polar surface area (TPSA) is 49.4 Å². The zero-order valence-electron chi connectivity index (χ0n) is 13.1. The van der Waals surface area contributed by atoms with Gasteiger partial charge >= 0.3 is 0 Å². The predicted octanol–water partition coefficient (Wildman–Crippen LogP) is 4.40. The van der Waals surface area contributed by atoms with Crippen molar-refractivity contribution in [3.8, 4) is 0 Å². The molecule has 1 N–H and O–H groups in total. The maximum Gasteiger partial charge on any atom is 0.229 e. The van der Waals surface area contributed by atoms with Crippen molar-refractivity contribution >= 4 is 50.7 Å². The van der Waals surface area contributed by atoms with Gasteiger partial charge in [0.1, 0.15) is 0 Å². The molecule has 1 heterocycles. The van der Waals surface area contributed by atoms with E-state index in [-0.39, 0.29) is 24.2 Å². The Morgan fingerprint density at radius 1 is 1.29 bits per heavy atom. The van der Waals surface area contributed by atoms with Crippen LogP contribution in [0, 0.1) is 12.8 Å². The summed E-state index contributed by atoms with van der Waals surface area (Å²) in [5.41, 5.74) is 2.54. The second-order valence-corrected chi connectivity index (χ2v) is 7.12. The molecule has 0 aromatic heterocycles. The number of carbonyl (C=O) groups is 2. The molecular weight excluding hydrogens is 392 g/mol. The van der Waals surface area contributed by atoms with Crippen molar-refractivity contribution in [2.45, 2.75) is 13.3 Å². The summed E-state index contributed by atoms with van der Waals surface area (Å²) in [6.07, 6.45) is 0.212. The number of aryl methyl sites for hydroxylation is 1. The highest BCUT2D eigenvalue weighted by Crippen LogP contribution is 2.28. The van der Waals surface area contributed by atoms with Crippen molar-refractivity contribution in [1.29, 1.82) is 0 Å². The van der Waals surface area contributed by atoms with Crippen molar-refractivity contribution in [1.82, 2.24) is 0 Å². The third-order valence-corrected chi connectivity index (χ3v) is 5.23. The first-order chi connectivity index (χ1) is 11.4. The lowest BCUT2D eigenvalue weighted by atomic mass is 10.1. The van der Waals surface area contributed by atoms with Crippen molar-refractivity contribution < 1.29 is 9.59 Å². The van der Waals surface area contributed by atoms with E-state index in [2.05, 4.69) is 21.2 Å². The number of amides is 2. The molecule has 124 valence electrons. The fraction of sp³-hybridized carbons (Fsp3) is 0.222. The fourth-order valence-corrected chi connectivity index (χ4v) is 3.17. The summed E-state index contributed by atoms with van der Waals surface area (Å²) >= 11 is 9.35. The van der Waals surface area contributed by atoms with Gasteiger partial charge in [0.2, 0.25) is 11.8 Å². The molecule has 0 aliphatic carbocycles. The third kappa shape index (κ3) is 3.62. The van der Waals surface area contributed by atoms with Crippen LogP contribution in [0.5, 0.6) is 0 Å². The summed E-state index contributed by atoms with van der Waals surface area (Å²) in [5.74, 6) is -0.577. The first-order valence-corrected chi connectivity index (χ1v) is 8.74. The van der Waals surface area contributed by atoms with Crippen LogP contribution in [0.15, 0.2) is 46.9 Å². The molecule has 0 spiro atoms. The lowest BCUT2D eigenvalue weighted by Gasteiger charge is -2.17. The van der Waals surface area contributed by atoms with Crippen LogP contribution in [-0.4, -0.2) is 18.4 Å². The Kier molecular flexibility index (Phi) is 4.92. The first-order valence-electron chi connectivity index (χ1n) is 7.57. The Bertz CT molecular complexity index is 809. The molecule has 0 radical (unpaired) electrons. The van der Waals surface area contributed by atoms with Crippen molar-refractivity contribution in [3.05, 3.63) is 57.5 Å². The van der Waals surface area contributed by atoms with E-state index in [1.807, 2.05) is 31.2 Å². The molecule has 24 heavy (non-hydrogen) atoms. The van der Waals surface area contributed by atoms with E-state index in [1.54, 1.807) is 23.1 Å². The number of benzene rings is 2. The van der Waals surface area contributed by atoms with Crippen LogP contribution in [-0.2, 0) is 9.59 Å². The van der Waals surface area contributed by atoms with Crippen LogP contribution in [0.25, 0.3) is 0 Å². The Hall–Kier alpha value is -1.85. The van der Waals surface area contributed by atoms with E-state index >= 15 is 0 Å². The average Bonchev–Trinajstić information content (AvgIpc) is 2.93. The van der Waals surface area contributed by atoms with Gasteiger partial charge in [-0.1, -0.05) is 23.7 Å². The molecule has 2 aromatic rings. The SMILES string of the molecule is Cc1cccc(N2C[C@H](C(=O)Nc3ccc(Br)c(Cl)c3)CC2=O)c1. The number of hydrogen-bond acceptors (Lipinski definition) is 2. The highest BCUT2D eigenvalue weighted by molar-refractivity contribution is 9.10. The maximum atomic E-state index is 12.5. The molecule has 1 aliphatic heterocycles. The van der Waals surface area contributed by atoms with Crippen LogP contribution in [0.4, 0.5) is 11.4 Å². The molecule has 6 heteroatoms. The zero-order valence-corrected chi connectivity index (χ0v) is 15.4. The van der Waals surface area contributed by atoms with E-state index < -0.39 is 0 Å². The molecule has 4 nitrogen and oxygen atoms in total. The number of nitrogens with zero attached hydrogens (tertiary/aromatic N) is 1. The van der Waals surface area contributed by atoms with E-state index in [9.17, 15) is 9.59 Å². The first kappa shape index (κ1) is 17.0. The highest BCUT2D eigenvalue weighted by atomic mass is 79.9. The molecule has 2 aromatic carbocycles. The molecule has 2 amide bonds. The summed E-state index contributed by atoms with van der Waals surface area (Å²) in [4.78, 5) is 26.4. The van der Waals surface area contributed by atoms with Gasteiger partial charge in [-0.05, 0) is 58.7 Å². The van der Waals surface area contributed by atoms with Crippen LogP contribution in [0.2, 0.25) is 5.02 Å². The van der Waals surface area contributed by atoms with Crippen molar-refractivity contribution in [3.63, 3.8) is 0 Å². The number of hydrogen-bond donors (Lipinski definition) is 1. The number of nitrogens with one attached hydrogen (secondary N) is 1. The quantitative estimate of drug-likeness (QED) is 0.819. The normalized spacial score (nSPS) is 17.2. The van der Waals surface area contributed by atoms with Gasteiger partial charge in [0.15, 0.2) is 0 Å². The summed E-state index contributed by atoms with van der Waals surface area (Å²) in [6, 6.07) is 12.9. The predicted molar refractivity (Wildman–Crippen MR) is 99.4 cm³/mol. The van der Waals surface area contributed by atoms with Gasteiger partial charge in [0.05, 0.1) is 10.9 Å².